The summed E-state index contributed by atoms with van der Waals surface area (Å²) < 4.78 is 5.23. The van der Waals surface area contributed by atoms with Gasteiger partial charge in [-0.05, 0) is 12.1 Å². The summed E-state index contributed by atoms with van der Waals surface area (Å²) in [4.78, 5) is 24.7. The normalized spacial score (nSPS) is 10.6. The molecule has 3 rings (SSSR count). The number of methoxy groups -OCH3 is 1. The fourth-order valence-electron chi connectivity index (χ4n) is 1.99. The van der Waals surface area contributed by atoms with Crippen LogP contribution < -0.4 is 10.1 Å². The lowest BCUT2D eigenvalue weighted by atomic mass is 10.2. The lowest BCUT2D eigenvalue weighted by Gasteiger charge is -2.09. The molecule has 0 spiro atoms. The number of nitrogens with one attached hydrogen (secondary N) is 1. The second-order valence-corrected chi connectivity index (χ2v) is 5.33. The van der Waals surface area contributed by atoms with E-state index in [-0.39, 0.29) is 21.4 Å². The summed E-state index contributed by atoms with van der Waals surface area (Å²) in [6, 6.07) is 5.32. The number of ether oxygens (including phenoxy) is 1. The Morgan fingerprint density at radius 1 is 1.17 bits per heavy atom. The highest BCUT2D eigenvalue weighted by Crippen LogP contribution is 2.29. The van der Waals surface area contributed by atoms with Crippen molar-refractivity contribution < 1.29 is 9.53 Å². The number of rotatable bonds is 3. The molecule has 0 radical (unpaired) electrons. The Morgan fingerprint density at radius 3 is 2.61 bits per heavy atom. The van der Waals surface area contributed by atoms with Crippen LogP contribution in [-0.4, -0.2) is 28.0 Å². The van der Waals surface area contributed by atoms with Gasteiger partial charge in [-0.2, -0.15) is 0 Å². The summed E-state index contributed by atoms with van der Waals surface area (Å²) in [5.74, 6) is 0.0462. The van der Waals surface area contributed by atoms with Crippen LogP contribution in [0.4, 0.5) is 5.69 Å². The molecule has 0 saturated heterocycles. The quantitative estimate of drug-likeness (QED) is 0.782. The van der Waals surface area contributed by atoms with Crippen molar-refractivity contribution in [1.82, 2.24) is 15.0 Å². The Balaban J connectivity index is 1.98. The highest BCUT2D eigenvalue weighted by atomic mass is 35.5. The lowest BCUT2D eigenvalue weighted by molar-refractivity contribution is 0.102. The van der Waals surface area contributed by atoms with Crippen LogP contribution in [0.3, 0.4) is 0 Å². The highest BCUT2D eigenvalue weighted by molar-refractivity contribution is 6.39. The molecule has 1 aromatic carbocycles. The Labute approximate surface area is 141 Å². The Hall–Kier alpha value is -2.44. The van der Waals surface area contributed by atoms with Gasteiger partial charge in [-0.15, -0.1) is 0 Å². The van der Waals surface area contributed by atoms with Crippen molar-refractivity contribution in [2.45, 2.75) is 0 Å². The summed E-state index contributed by atoms with van der Waals surface area (Å²) >= 11 is 12.0. The van der Waals surface area contributed by atoms with Crippen molar-refractivity contribution in [3.05, 3.63) is 52.5 Å². The van der Waals surface area contributed by atoms with Gasteiger partial charge in [-0.3, -0.25) is 14.8 Å². The van der Waals surface area contributed by atoms with Crippen molar-refractivity contribution in [3.63, 3.8) is 0 Å². The molecule has 0 aliphatic carbocycles. The number of carbonyl (C=O) groups excluding carboxylic acids is 1. The third-order valence-electron chi connectivity index (χ3n) is 3.08. The molecule has 23 heavy (non-hydrogen) atoms. The van der Waals surface area contributed by atoms with Crippen molar-refractivity contribution in [2.24, 2.45) is 0 Å². The number of anilines is 1. The van der Waals surface area contributed by atoms with Gasteiger partial charge in [0, 0.05) is 12.4 Å². The zero-order valence-corrected chi connectivity index (χ0v) is 13.4. The SMILES string of the molecule is COc1cccc2ncc(C(=O)Nc3c(Cl)cncc3Cl)nc12. The second kappa shape index (κ2) is 6.36. The molecule has 0 atom stereocenters. The molecule has 0 aliphatic heterocycles. The Bertz CT molecular complexity index is 882. The topological polar surface area (TPSA) is 77.0 Å². The summed E-state index contributed by atoms with van der Waals surface area (Å²) in [5, 5.41) is 3.08. The smallest absolute Gasteiger partial charge is 0.275 e. The molecule has 0 unspecified atom stereocenters. The molecular weight excluding hydrogens is 339 g/mol. The minimum Gasteiger partial charge on any atom is -0.494 e. The van der Waals surface area contributed by atoms with E-state index in [2.05, 4.69) is 20.3 Å². The number of carbonyl (C=O) groups is 1. The van der Waals surface area contributed by atoms with Gasteiger partial charge >= 0.3 is 0 Å². The predicted octanol–water partition coefficient (Wildman–Crippen LogP) is 3.59. The van der Waals surface area contributed by atoms with E-state index in [0.717, 1.165) is 0 Å². The van der Waals surface area contributed by atoms with Gasteiger partial charge in [-0.25, -0.2) is 4.98 Å². The number of amides is 1. The van der Waals surface area contributed by atoms with Crippen molar-refractivity contribution in [1.29, 1.82) is 0 Å². The number of pyridine rings is 1. The van der Waals surface area contributed by atoms with E-state index in [0.29, 0.717) is 16.8 Å². The van der Waals surface area contributed by atoms with Crippen LogP contribution >= 0.6 is 23.2 Å². The summed E-state index contributed by atoms with van der Waals surface area (Å²) in [5.41, 5.74) is 1.51. The Kier molecular flexibility index (Phi) is 4.27. The van der Waals surface area contributed by atoms with Crippen LogP contribution in [0.1, 0.15) is 10.5 Å². The fourth-order valence-corrected chi connectivity index (χ4v) is 2.45. The molecule has 1 N–H and O–H groups in total. The summed E-state index contributed by atoms with van der Waals surface area (Å²) in [7, 11) is 1.53. The first-order valence-corrected chi connectivity index (χ1v) is 7.26. The molecule has 0 bridgehead atoms. The van der Waals surface area contributed by atoms with Gasteiger partial charge < -0.3 is 10.1 Å². The third-order valence-corrected chi connectivity index (χ3v) is 3.65. The molecule has 116 valence electrons. The monoisotopic (exact) mass is 348 g/mol. The predicted molar refractivity (Wildman–Crippen MR) is 88.3 cm³/mol. The molecule has 0 aliphatic rings. The van der Waals surface area contributed by atoms with Crippen LogP contribution in [0.2, 0.25) is 10.0 Å². The number of aromatic nitrogens is 3. The van der Waals surface area contributed by atoms with Gasteiger partial charge in [0.2, 0.25) is 0 Å². The number of hydrogen-bond donors (Lipinski definition) is 1. The average molecular weight is 349 g/mol. The average Bonchev–Trinajstić information content (AvgIpc) is 2.57. The molecule has 2 heterocycles. The zero-order valence-electron chi connectivity index (χ0n) is 11.9. The van der Waals surface area contributed by atoms with Gasteiger partial charge in [0.15, 0.2) is 0 Å². The lowest BCUT2D eigenvalue weighted by Crippen LogP contribution is -2.15. The van der Waals surface area contributed by atoms with Crippen LogP contribution in [0.25, 0.3) is 11.0 Å². The van der Waals surface area contributed by atoms with Gasteiger partial charge in [0.05, 0.1) is 34.6 Å². The van der Waals surface area contributed by atoms with E-state index in [1.807, 2.05) is 0 Å². The summed E-state index contributed by atoms with van der Waals surface area (Å²) in [6.45, 7) is 0. The fraction of sp³-hybridized carbons (Fsp3) is 0.0667. The van der Waals surface area contributed by atoms with E-state index in [1.165, 1.54) is 25.7 Å². The number of benzene rings is 1. The van der Waals surface area contributed by atoms with E-state index in [4.69, 9.17) is 27.9 Å². The van der Waals surface area contributed by atoms with Crippen molar-refractivity contribution in [2.75, 3.05) is 12.4 Å². The van der Waals surface area contributed by atoms with Crippen molar-refractivity contribution >= 4 is 45.8 Å². The van der Waals surface area contributed by atoms with Crippen LogP contribution in [0, 0.1) is 0 Å². The van der Waals surface area contributed by atoms with Crippen LogP contribution in [-0.2, 0) is 0 Å². The van der Waals surface area contributed by atoms with E-state index < -0.39 is 5.91 Å². The van der Waals surface area contributed by atoms with Gasteiger partial charge in [-0.1, -0.05) is 29.3 Å². The number of nitrogens with zero attached hydrogens (tertiary/aromatic N) is 3. The Morgan fingerprint density at radius 2 is 1.91 bits per heavy atom. The van der Waals surface area contributed by atoms with Crippen LogP contribution in [0.5, 0.6) is 5.75 Å². The number of fused-ring (bicyclic) bond motifs is 1. The minimum absolute atomic E-state index is 0.117. The number of halogens is 2. The van der Waals surface area contributed by atoms with E-state index >= 15 is 0 Å². The van der Waals surface area contributed by atoms with E-state index in [1.54, 1.807) is 18.2 Å². The van der Waals surface area contributed by atoms with Gasteiger partial charge in [0.25, 0.3) is 5.91 Å². The zero-order chi connectivity index (χ0) is 16.4. The minimum atomic E-state index is -0.486. The van der Waals surface area contributed by atoms with Crippen LogP contribution in [0.15, 0.2) is 36.8 Å². The number of hydrogen-bond acceptors (Lipinski definition) is 5. The molecular formula is C15H10Cl2N4O2. The molecule has 1 amide bonds. The third kappa shape index (κ3) is 3.04. The molecule has 6 nitrogen and oxygen atoms in total. The maximum Gasteiger partial charge on any atom is 0.275 e. The maximum atomic E-state index is 12.4. The summed E-state index contributed by atoms with van der Waals surface area (Å²) in [6.07, 6.45) is 4.15. The number of para-hydroxylation sites is 1. The van der Waals surface area contributed by atoms with E-state index in [9.17, 15) is 4.79 Å². The highest BCUT2D eigenvalue weighted by Gasteiger charge is 2.15. The second-order valence-electron chi connectivity index (χ2n) is 4.52. The van der Waals surface area contributed by atoms with Crippen molar-refractivity contribution in [3.8, 4) is 5.75 Å². The molecule has 2 aromatic heterocycles. The maximum absolute atomic E-state index is 12.4. The molecule has 0 saturated carbocycles. The van der Waals surface area contributed by atoms with Gasteiger partial charge in [0.1, 0.15) is 17.0 Å². The molecule has 0 fully saturated rings. The molecule has 8 heteroatoms. The molecule has 3 aromatic rings. The standard InChI is InChI=1S/C15H10Cl2N4O2/c1-23-12-4-2-3-10-14(12)20-11(7-19-10)15(22)21-13-8(16)5-18-6-9(13)17/h2-7H,1H3,(H,18,21,22). The first kappa shape index (κ1) is 15.5. The first-order valence-electron chi connectivity index (χ1n) is 6.50. The largest absolute Gasteiger partial charge is 0.494 e. The first-order chi connectivity index (χ1) is 11.1.